The number of benzene rings is 1. The summed E-state index contributed by atoms with van der Waals surface area (Å²) in [7, 11) is 2.13. The van der Waals surface area contributed by atoms with Crippen LogP contribution in [0.2, 0.25) is 5.02 Å². The van der Waals surface area contributed by atoms with Gasteiger partial charge in [0.2, 0.25) is 0 Å². The molecule has 1 unspecified atom stereocenters. The van der Waals surface area contributed by atoms with Crippen LogP contribution in [-0.2, 0) is 6.54 Å². The lowest BCUT2D eigenvalue weighted by molar-refractivity contribution is 0.560. The van der Waals surface area contributed by atoms with Crippen molar-refractivity contribution in [2.45, 2.75) is 40.2 Å². The molecule has 0 aliphatic carbocycles. The van der Waals surface area contributed by atoms with E-state index in [1.165, 1.54) is 17.7 Å². The quantitative estimate of drug-likeness (QED) is 0.714. The van der Waals surface area contributed by atoms with Crippen LogP contribution in [0.15, 0.2) is 18.2 Å². The van der Waals surface area contributed by atoms with Crippen molar-refractivity contribution in [2.75, 3.05) is 25.0 Å². The largest absolute Gasteiger partial charge is 0.374 e. The Morgan fingerprint density at radius 2 is 2.05 bits per heavy atom. The van der Waals surface area contributed by atoms with Crippen LogP contribution >= 0.6 is 11.6 Å². The zero-order valence-electron chi connectivity index (χ0n) is 12.7. The Kier molecular flexibility index (Phi) is 7.25. The zero-order chi connectivity index (χ0) is 14.3. The van der Waals surface area contributed by atoms with Crippen molar-refractivity contribution in [2.24, 2.45) is 5.92 Å². The first kappa shape index (κ1) is 16.3. The zero-order valence-corrected chi connectivity index (χ0v) is 13.4. The van der Waals surface area contributed by atoms with Crippen molar-refractivity contribution < 1.29 is 0 Å². The highest BCUT2D eigenvalue weighted by Gasteiger charge is 2.08. The molecule has 108 valence electrons. The van der Waals surface area contributed by atoms with Gasteiger partial charge in [0.25, 0.3) is 0 Å². The summed E-state index contributed by atoms with van der Waals surface area (Å²) in [6.07, 6.45) is 2.35. The van der Waals surface area contributed by atoms with Gasteiger partial charge in [-0.15, -0.1) is 0 Å². The van der Waals surface area contributed by atoms with Gasteiger partial charge in [0, 0.05) is 30.8 Å². The summed E-state index contributed by atoms with van der Waals surface area (Å²) >= 11 is 6.36. The molecule has 3 heteroatoms. The number of nitrogens with zero attached hydrogens (tertiary/aromatic N) is 1. The Morgan fingerprint density at radius 3 is 2.63 bits per heavy atom. The number of anilines is 1. The molecule has 0 radical (unpaired) electrons. The average molecular weight is 283 g/mol. The first-order valence-electron chi connectivity index (χ1n) is 7.28. The monoisotopic (exact) mass is 282 g/mol. The number of rotatable bonds is 8. The Bertz CT molecular complexity index is 379. The van der Waals surface area contributed by atoms with Crippen LogP contribution in [0.3, 0.4) is 0 Å². The molecule has 1 aromatic rings. The summed E-state index contributed by atoms with van der Waals surface area (Å²) in [5, 5.41) is 4.24. The van der Waals surface area contributed by atoms with E-state index in [-0.39, 0.29) is 0 Å². The van der Waals surface area contributed by atoms with E-state index >= 15 is 0 Å². The number of hydrogen-bond acceptors (Lipinski definition) is 2. The van der Waals surface area contributed by atoms with Gasteiger partial charge in [-0.1, -0.05) is 44.9 Å². The third-order valence-electron chi connectivity index (χ3n) is 3.50. The molecule has 0 amide bonds. The van der Waals surface area contributed by atoms with E-state index in [0.717, 1.165) is 31.1 Å². The highest BCUT2D eigenvalue weighted by molar-refractivity contribution is 6.31. The van der Waals surface area contributed by atoms with Crippen molar-refractivity contribution in [1.29, 1.82) is 0 Å². The van der Waals surface area contributed by atoms with Crippen LogP contribution in [0.5, 0.6) is 0 Å². The van der Waals surface area contributed by atoms with Crippen molar-refractivity contribution in [3.8, 4) is 0 Å². The predicted molar refractivity (Wildman–Crippen MR) is 86.2 cm³/mol. The molecule has 2 nitrogen and oxygen atoms in total. The molecule has 19 heavy (non-hydrogen) atoms. The summed E-state index contributed by atoms with van der Waals surface area (Å²) in [5.41, 5.74) is 2.38. The lowest BCUT2D eigenvalue weighted by Crippen LogP contribution is -2.23. The maximum absolute atomic E-state index is 6.36. The molecule has 0 aromatic heterocycles. The van der Waals surface area contributed by atoms with E-state index in [2.05, 4.69) is 56.2 Å². The Morgan fingerprint density at radius 1 is 1.32 bits per heavy atom. The van der Waals surface area contributed by atoms with E-state index in [0.29, 0.717) is 5.92 Å². The molecule has 1 atom stereocenters. The van der Waals surface area contributed by atoms with Crippen LogP contribution in [0.25, 0.3) is 0 Å². The first-order valence-corrected chi connectivity index (χ1v) is 7.66. The second-order valence-corrected chi connectivity index (χ2v) is 5.75. The van der Waals surface area contributed by atoms with Crippen LogP contribution in [0, 0.1) is 5.92 Å². The lowest BCUT2D eigenvalue weighted by atomic mass is 10.1. The Labute approximate surface area is 123 Å². The Hall–Kier alpha value is -0.730. The van der Waals surface area contributed by atoms with E-state index in [1.807, 2.05) is 0 Å². The molecular formula is C16H27ClN2. The van der Waals surface area contributed by atoms with Crippen molar-refractivity contribution in [3.05, 3.63) is 28.8 Å². The van der Waals surface area contributed by atoms with Crippen LogP contribution in [0.4, 0.5) is 5.69 Å². The third kappa shape index (κ3) is 5.42. The standard InChI is InChI=1S/C16H27ClN2/c1-5-9-18-11-14-7-8-15(10-16(14)17)19(4)12-13(3)6-2/h7-8,10,13,18H,5-6,9,11-12H2,1-4H3. The summed E-state index contributed by atoms with van der Waals surface area (Å²) in [6.45, 7) is 9.63. The summed E-state index contributed by atoms with van der Waals surface area (Å²) < 4.78 is 0. The molecule has 0 fully saturated rings. The Balaban J connectivity index is 2.64. The smallest absolute Gasteiger partial charge is 0.0471 e. The summed E-state index contributed by atoms with van der Waals surface area (Å²) in [5.74, 6) is 0.703. The van der Waals surface area contributed by atoms with Crippen LogP contribution in [-0.4, -0.2) is 20.1 Å². The fourth-order valence-electron chi connectivity index (χ4n) is 2.02. The molecular weight excluding hydrogens is 256 g/mol. The average Bonchev–Trinajstić information content (AvgIpc) is 2.40. The van der Waals surface area contributed by atoms with Crippen LogP contribution in [0.1, 0.15) is 39.2 Å². The van der Waals surface area contributed by atoms with E-state index in [1.54, 1.807) is 0 Å². The van der Waals surface area contributed by atoms with Crippen LogP contribution < -0.4 is 10.2 Å². The van der Waals surface area contributed by atoms with Gasteiger partial charge < -0.3 is 10.2 Å². The third-order valence-corrected chi connectivity index (χ3v) is 3.85. The normalized spacial score (nSPS) is 12.5. The van der Waals surface area contributed by atoms with Gasteiger partial charge >= 0.3 is 0 Å². The van der Waals surface area contributed by atoms with E-state index in [9.17, 15) is 0 Å². The van der Waals surface area contributed by atoms with Gasteiger partial charge in [0.1, 0.15) is 0 Å². The van der Waals surface area contributed by atoms with Gasteiger partial charge in [-0.3, -0.25) is 0 Å². The number of halogens is 1. The van der Waals surface area contributed by atoms with E-state index in [4.69, 9.17) is 11.6 Å². The predicted octanol–water partition coefficient (Wildman–Crippen LogP) is 4.32. The second kappa shape index (κ2) is 8.44. The molecule has 0 bridgehead atoms. The molecule has 1 rings (SSSR count). The highest BCUT2D eigenvalue weighted by atomic mass is 35.5. The minimum absolute atomic E-state index is 0.703. The lowest BCUT2D eigenvalue weighted by Gasteiger charge is -2.23. The molecule has 0 spiro atoms. The van der Waals surface area contributed by atoms with Gasteiger partial charge in [0.15, 0.2) is 0 Å². The fourth-order valence-corrected chi connectivity index (χ4v) is 2.26. The SMILES string of the molecule is CCCNCc1ccc(N(C)CC(C)CC)cc1Cl. The second-order valence-electron chi connectivity index (χ2n) is 5.35. The highest BCUT2D eigenvalue weighted by Crippen LogP contribution is 2.24. The maximum Gasteiger partial charge on any atom is 0.0471 e. The van der Waals surface area contributed by atoms with Crippen molar-refractivity contribution in [1.82, 2.24) is 5.32 Å². The summed E-state index contributed by atoms with van der Waals surface area (Å²) in [4.78, 5) is 2.28. The van der Waals surface area contributed by atoms with Gasteiger partial charge in [-0.25, -0.2) is 0 Å². The molecule has 0 aliphatic heterocycles. The maximum atomic E-state index is 6.36. The number of nitrogens with one attached hydrogen (secondary N) is 1. The van der Waals surface area contributed by atoms with Gasteiger partial charge in [-0.05, 0) is 36.6 Å². The molecule has 0 heterocycles. The van der Waals surface area contributed by atoms with Crippen molar-refractivity contribution in [3.63, 3.8) is 0 Å². The van der Waals surface area contributed by atoms with Gasteiger partial charge in [-0.2, -0.15) is 0 Å². The topological polar surface area (TPSA) is 15.3 Å². The minimum Gasteiger partial charge on any atom is -0.374 e. The molecule has 1 aromatic carbocycles. The van der Waals surface area contributed by atoms with Crippen molar-refractivity contribution >= 4 is 17.3 Å². The summed E-state index contributed by atoms with van der Waals surface area (Å²) in [6, 6.07) is 6.37. The molecule has 0 saturated carbocycles. The fraction of sp³-hybridized carbons (Fsp3) is 0.625. The minimum atomic E-state index is 0.703. The van der Waals surface area contributed by atoms with E-state index < -0.39 is 0 Å². The number of hydrogen-bond donors (Lipinski definition) is 1. The first-order chi connectivity index (χ1) is 9.08. The van der Waals surface area contributed by atoms with Gasteiger partial charge in [0.05, 0.1) is 0 Å². The molecule has 1 N–H and O–H groups in total. The molecule has 0 saturated heterocycles. The molecule has 0 aliphatic rings.